The average Bonchev–Trinajstić information content (AvgIpc) is 2.68. The summed E-state index contributed by atoms with van der Waals surface area (Å²) in [6.07, 6.45) is 7.48. The number of rotatable bonds is 3. The highest BCUT2D eigenvalue weighted by atomic mass is 16.1. The Balaban J connectivity index is 2.38. The van der Waals surface area contributed by atoms with Gasteiger partial charge < -0.3 is 4.98 Å². The van der Waals surface area contributed by atoms with Crippen molar-refractivity contribution in [1.29, 1.82) is 0 Å². The van der Waals surface area contributed by atoms with Crippen LogP contribution in [0, 0.1) is 0 Å². The number of nitrogens with one attached hydrogen (secondary N) is 1. The summed E-state index contributed by atoms with van der Waals surface area (Å²) in [6, 6.07) is 0. The summed E-state index contributed by atoms with van der Waals surface area (Å²) >= 11 is 0. The van der Waals surface area contributed by atoms with Crippen LogP contribution in [-0.4, -0.2) is 19.7 Å². The first-order chi connectivity index (χ1) is 7.31. The van der Waals surface area contributed by atoms with Crippen molar-refractivity contribution in [3.8, 4) is 11.1 Å². The minimum atomic E-state index is -0.138. The summed E-state index contributed by atoms with van der Waals surface area (Å²) in [5.41, 5.74) is 1.22. The third kappa shape index (κ3) is 1.96. The average molecular weight is 204 g/mol. The van der Waals surface area contributed by atoms with Crippen LogP contribution in [0.15, 0.2) is 29.7 Å². The van der Waals surface area contributed by atoms with Gasteiger partial charge in [-0.25, -0.2) is 4.98 Å². The molecule has 2 rings (SSSR count). The monoisotopic (exact) mass is 204 g/mol. The highest BCUT2D eigenvalue weighted by Gasteiger charge is 2.05. The zero-order chi connectivity index (χ0) is 10.7. The van der Waals surface area contributed by atoms with E-state index in [4.69, 9.17) is 0 Å². The molecule has 0 radical (unpaired) electrons. The van der Waals surface area contributed by atoms with E-state index in [0.717, 1.165) is 18.5 Å². The van der Waals surface area contributed by atoms with E-state index in [0.29, 0.717) is 5.56 Å². The molecule has 5 heteroatoms. The maximum Gasteiger partial charge on any atom is 0.258 e. The van der Waals surface area contributed by atoms with Crippen molar-refractivity contribution in [3.63, 3.8) is 0 Å². The van der Waals surface area contributed by atoms with Gasteiger partial charge in [-0.05, 0) is 6.42 Å². The third-order valence-corrected chi connectivity index (χ3v) is 2.12. The smallest absolute Gasteiger partial charge is 0.258 e. The molecule has 0 unspecified atom stereocenters. The summed E-state index contributed by atoms with van der Waals surface area (Å²) < 4.78 is 1.82. The van der Waals surface area contributed by atoms with Gasteiger partial charge in [-0.2, -0.15) is 5.10 Å². The molecule has 0 bridgehead atoms. The molecular formula is C10H12N4O. The number of aryl methyl sites for hydroxylation is 1. The third-order valence-electron chi connectivity index (χ3n) is 2.12. The van der Waals surface area contributed by atoms with Crippen molar-refractivity contribution in [1.82, 2.24) is 19.7 Å². The summed E-state index contributed by atoms with van der Waals surface area (Å²) in [5, 5.41) is 4.16. The predicted octanol–water partition coefficient (Wildman–Crippen LogP) is 1.04. The lowest BCUT2D eigenvalue weighted by Gasteiger charge is -1.95. The highest BCUT2D eigenvalue weighted by molar-refractivity contribution is 5.58. The lowest BCUT2D eigenvalue weighted by Crippen LogP contribution is -2.07. The zero-order valence-electron chi connectivity index (χ0n) is 8.47. The zero-order valence-corrected chi connectivity index (χ0v) is 8.47. The van der Waals surface area contributed by atoms with Gasteiger partial charge in [0.15, 0.2) is 0 Å². The standard InChI is InChI=1S/C10H12N4O/c1-2-3-14-6-8(4-13-14)9-5-11-7-12-10(9)15/h4-7H,2-3H2,1H3,(H,11,12,15). The van der Waals surface area contributed by atoms with E-state index in [1.165, 1.54) is 6.33 Å². The van der Waals surface area contributed by atoms with Gasteiger partial charge in [0.1, 0.15) is 0 Å². The molecule has 78 valence electrons. The van der Waals surface area contributed by atoms with Crippen molar-refractivity contribution < 1.29 is 0 Å². The molecule has 0 saturated carbocycles. The molecule has 0 saturated heterocycles. The van der Waals surface area contributed by atoms with Crippen LogP contribution >= 0.6 is 0 Å². The number of hydrogen-bond donors (Lipinski definition) is 1. The number of aromatic amines is 1. The number of H-pyrrole nitrogens is 1. The van der Waals surface area contributed by atoms with Crippen molar-refractivity contribution in [2.24, 2.45) is 0 Å². The van der Waals surface area contributed by atoms with Crippen molar-refractivity contribution >= 4 is 0 Å². The van der Waals surface area contributed by atoms with Crippen LogP contribution in [-0.2, 0) is 6.54 Å². The van der Waals surface area contributed by atoms with E-state index in [-0.39, 0.29) is 5.56 Å². The van der Waals surface area contributed by atoms with Crippen molar-refractivity contribution in [3.05, 3.63) is 35.3 Å². The Morgan fingerprint density at radius 1 is 1.47 bits per heavy atom. The fourth-order valence-electron chi connectivity index (χ4n) is 1.40. The first kappa shape index (κ1) is 9.64. The van der Waals surface area contributed by atoms with Crippen LogP contribution in [0.2, 0.25) is 0 Å². The van der Waals surface area contributed by atoms with Crippen LogP contribution in [0.3, 0.4) is 0 Å². The van der Waals surface area contributed by atoms with E-state index < -0.39 is 0 Å². The molecule has 0 aliphatic rings. The molecule has 2 heterocycles. The second-order valence-electron chi connectivity index (χ2n) is 3.29. The van der Waals surface area contributed by atoms with Gasteiger partial charge in [-0.15, -0.1) is 0 Å². The van der Waals surface area contributed by atoms with E-state index in [2.05, 4.69) is 22.0 Å². The molecule has 0 atom stereocenters. The van der Waals surface area contributed by atoms with E-state index in [1.807, 2.05) is 10.9 Å². The van der Waals surface area contributed by atoms with Gasteiger partial charge in [0.2, 0.25) is 0 Å². The van der Waals surface area contributed by atoms with Gasteiger partial charge in [0.25, 0.3) is 5.56 Å². The quantitative estimate of drug-likeness (QED) is 0.812. The van der Waals surface area contributed by atoms with Crippen LogP contribution < -0.4 is 5.56 Å². The molecule has 0 aliphatic carbocycles. The number of hydrogen-bond acceptors (Lipinski definition) is 3. The molecule has 1 N–H and O–H groups in total. The number of nitrogens with zero attached hydrogens (tertiary/aromatic N) is 3. The molecule has 15 heavy (non-hydrogen) atoms. The van der Waals surface area contributed by atoms with Crippen LogP contribution in [0.4, 0.5) is 0 Å². The Bertz CT molecular complexity index is 500. The summed E-state index contributed by atoms with van der Waals surface area (Å²) in [6.45, 7) is 2.94. The molecule has 2 aromatic rings. The normalized spacial score (nSPS) is 10.5. The topological polar surface area (TPSA) is 63.6 Å². The molecule has 0 amide bonds. The maximum absolute atomic E-state index is 11.5. The molecule has 0 aliphatic heterocycles. The summed E-state index contributed by atoms with van der Waals surface area (Å²) in [5.74, 6) is 0. The van der Waals surface area contributed by atoms with Gasteiger partial charge in [0.05, 0.1) is 18.1 Å². The first-order valence-corrected chi connectivity index (χ1v) is 4.86. The summed E-state index contributed by atoms with van der Waals surface area (Å²) in [4.78, 5) is 17.9. The Kier molecular flexibility index (Phi) is 2.62. The molecule has 0 aromatic carbocycles. The lowest BCUT2D eigenvalue weighted by atomic mass is 10.2. The summed E-state index contributed by atoms with van der Waals surface area (Å²) in [7, 11) is 0. The van der Waals surface area contributed by atoms with Crippen molar-refractivity contribution in [2.75, 3.05) is 0 Å². The molecule has 5 nitrogen and oxygen atoms in total. The Labute approximate surface area is 86.8 Å². The molecular weight excluding hydrogens is 192 g/mol. The second-order valence-corrected chi connectivity index (χ2v) is 3.29. The maximum atomic E-state index is 11.5. The van der Waals surface area contributed by atoms with Gasteiger partial charge in [0, 0.05) is 24.5 Å². The Morgan fingerprint density at radius 2 is 2.33 bits per heavy atom. The largest absolute Gasteiger partial charge is 0.313 e. The van der Waals surface area contributed by atoms with E-state index in [9.17, 15) is 4.79 Å². The van der Waals surface area contributed by atoms with Crippen LogP contribution in [0.25, 0.3) is 11.1 Å². The SMILES string of the molecule is CCCn1cc(-c2cnc[nH]c2=O)cn1. The van der Waals surface area contributed by atoms with Crippen molar-refractivity contribution in [2.45, 2.75) is 19.9 Å². The molecule has 0 fully saturated rings. The van der Waals surface area contributed by atoms with E-state index >= 15 is 0 Å². The fourth-order valence-corrected chi connectivity index (χ4v) is 1.40. The Hall–Kier alpha value is -1.91. The van der Waals surface area contributed by atoms with E-state index in [1.54, 1.807) is 12.4 Å². The predicted molar refractivity (Wildman–Crippen MR) is 56.4 cm³/mol. The first-order valence-electron chi connectivity index (χ1n) is 4.86. The van der Waals surface area contributed by atoms with Gasteiger partial charge in [-0.1, -0.05) is 6.92 Å². The fraction of sp³-hybridized carbons (Fsp3) is 0.300. The van der Waals surface area contributed by atoms with Gasteiger partial charge in [-0.3, -0.25) is 9.48 Å². The minimum Gasteiger partial charge on any atom is -0.313 e. The van der Waals surface area contributed by atoms with Crippen LogP contribution in [0.1, 0.15) is 13.3 Å². The lowest BCUT2D eigenvalue weighted by molar-refractivity contribution is 0.603. The van der Waals surface area contributed by atoms with Crippen LogP contribution in [0.5, 0.6) is 0 Å². The minimum absolute atomic E-state index is 0.138. The Morgan fingerprint density at radius 3 is 3.07 bits per heavy atom. The van der Waals surface area contributed by atoms with Gasteiger partial charge >= 0.3 is 0 Å². The number of aromatic nitrogens is 4. The highest BCUT2D eigenvalue weighted by Crippen LogP contribution is 2.12. The molecule has 2 aromatic heterocycles. The second kappa shape index (κ2) is 4.08. The molecule has 0 spiro atoms.